The Morgan fingerprint density at radius 2 is 1.42 bits per heavy atom. The number of rotatable bonds is 4. The molecule has 1 N–H and O–H groups in total. The van der Waals surface area contributed by atoms with E-state index in [9.17, 15) is 32.3 Å². The molecule has 1 aliphatic carbocycles. The molecule has 33 heavy (non-hydrogen) atoms. The number of halogens is 3. The second kappa shape index (κ2) is 8.34. The Morgan fingerprint density at radius 1 is 0.788 bits per heavy atom. The molecule has 0 aromatic heterocycles. The fraction of sp³-hybridized carbons (Fsp3) is 0.0833. The maximum absolute atomic E-state index is 12.8. The molecule has 0 aliphatic heterocycles. The summed E-state index contributed by atoms with van der Waals surface area (Å²) in [6.45, 7) is -0.762. The molecule has 9 heteroatoms. The summed E-state index contributed by atoms with van der Waals surface area (Å²) in [5.74, 6) is -2.55. The summed E-state index contributed by atoms with van der Waals surface area (Å²) in [6, 6.07) is 14.2. The number of fused-ring (bicyclic) bond motifs is 2. The van der Waals surface area contributed by atoms with Crippen molar-refractivity contribution in [3.8, 4) is 0 Å². The summed E-state index contributed by atoms with van der Waals surface area (Å²) in [4.78, 5) is 49.5. The van der Waals surface area contributed by atoms with E-state index in [4.69, 9.17) is 4.74 Å². The van der Waals surface area contributed by atoms with Gasteiger partial charge in [-0.2, -0.15) is 13.2 Å². The molecule has 4 rings (SSSR count). The summed E-state index contributed by atoms with van der Waals surface area (Å²) < 4.78 is 43.1. The molecule has 0 unspecified atom stereocenters. The van der Waals surface area contributed by atoms with Gasteiger partial charge in [0.2, 0.25) is 0 Å². The zero-order valence-corrected chi connectivity index (χ0v) is 16.7. The Morgan fingerprint density at radius 3 is 2.09 bits per heavy atom. The predicted octanol–water partition coefficient (Wildman–Crippen LogP) is 4.28. The molecule has 1 aliphatic rings. The third-order valence-corrected chi connectivity index (χ3v) is 4.97. The van der Waals surface area contributed by atoms with Gasteiger partial charge < -0.3 is 10.1 Å². The van der Waals surface area contributed by atoms with E-state index in [-0.39, 0.29) is 39.5 Å². The Hall–Kier alpha value is -4.27. The van der Waals surface area contributed by atoms with E-state index in [1.54, 1.807) is 18.2 Å². The highest BCUT2D eigenvalue weighted by atomic mass is 19.4. The first-order valence-corrected chi connectivity index (χ1v) is 9.62. The highest BCUT2D eigenvalue weighted by Crippen LogP contribution is 2.30. The van der Waals surface area contributed by atoms with E-state index in [0.717, 1.165) is 18.2 Å². The quantitative estimate of drug-likeness (QED) is 0.466. The number of carbonyl (C=O) groups excluding carboxylic acids is 4. The second-order valence-corrected chi connectivity index (χ2v) is 7.17. The summed E-state index contributed by atoms with van der Waals surface area (Å²) in [7, 11) is 0. The van der Waals surface area contributed by atoms with Crippen LogP contribution in [0.2, 0.25) is 0 Å². The van der Waals surface area contributed by atoms with Crippen molar-refractivity contribution >= 4 is 29.1 Å². The molecule has 0 saturated heterocycles. The number of amides is 1. The van der Waals surface area contributed by atoms with Gasteiger partial charge in [0, 0.05) is 27.9 Å². The van der Waals surface area contributed by atoms with Crippen LogP contribution in [0.1, 0.15) is 47.8 Å². The van der Waals surface area contributed by atoms with Crippen LogP contribution in [0, 0.1) is 0 Å². The molecule has 3 aromatic carbocycles. The minimum absolute atomic E-state index is 0.123. The van der Waals surface area contributed by atoms with Crippen molar-refractivity contribution in [3.05, 3.63) is 100 Å². The monoisotopic (exact) mass is 453 g/mol. The van der Waals surface area contributed by atoms with Crippen LogP contribution in [0.25, 0.3) is 0 Å². The van der Waals surface area contributed by atoms with Gasteiger partial charge in [0.05, 0.1) is 11.1 Å². The fourth-order valence-corrected chi connectivity index (χ4v) is 3.41. The van der Waals surface area contributed by atoms with E-state index in [2.05, 4.69) is 5.32 Å². The van der Waals surface area contributed by atoms with Crippen molar-refractivity contribution in [2.75, 3.05) is 11.9 Å². The van der Waals surface area contributed by atoms with Crippen LogP contribution >= 0.6 is 0 Å². The van der Waals surface area contributed by atoms with Crippen molar-refractivity contribution in [1.82, 2.24) is 0 Å². The number of alkyl halides is 3. The molecule has 0 spiro atoms. The number of anilines is 1. The van der Waals surface area contributed by atoms with Crippen LogP contribution in [0.4, 0.5) is 18.9 Å². The van der Waals surface area contributed by atoms with Gasteiger partial charge >= 0.3 is 12.1 Å². The zero-order chi connectivity index (χ0) is 23.8. The summed E-state index contributed by atoms with van der Waals surface area (Å²) >= 11 is 0. The van der Waals surface area contributed by atoms with Crippen molar-refractivity contribution in [2.45, 2.75) is 6.18 Å². The highest BCUT2D eigenvalue weighted by Gasteiger charge is 2.31. The Bertz CT molecular complexity index is 1310. The van der Waals surface area contributed by atoms with E-state index >= 15 is 0 Å². The van der Waals surface area contributed by atoms with Crippen molar-refractivity contribution < 1.29 is 37.1 Å². The first-order valence-electron chi connectivity index (χ1n) is 9.62. The lowest BCUT2D eigenvalue weighted by atomic mass is 9.84. The molecule has 1 amide bonds. The normalized spacial score (nSPS) is 12.6. The molecule has 0 heterocycles. The van der Waals surface area contributed by atoms with Crippen LogP contribution in [-0.2, 0) is 15.7 Å². The molecule has 3 aromatic rings. The van der Waals surface area contributed by atoms with Crippen molar-refractivity contribution in [2.24, 2.45) is 0 Å². The van der Waals surface area contributed by atoms with Gasteiger partial charge in [0.15, 0.2) is 18.2 Å². The van der Waals surface area contributed by atoms with E-state index in [1.807, 2.05) is 0 Å². The summed E-state index contributed by atoms with van der Waals surface area (Å²) in [6.07, 6.45) is -4.63. The van der Waals surface area contributed by atoms with Crippen LogP contribution in [0.5, 0.6) is 0 Å². The Kier molecular flexibility index (Phi) is 5.55. The molecule has 166 valence electrons. The van der Waals surface area contributed by atoms with Gasteiger partial charge in [-0.3, -0.25) is 14.4 Å². The average Bonchev–Trinajstić information content (AvgIpc) is 2.80. The lowest BCUT2D eigenvalue weighted by Gasteiger charge is -2.18. The molecular weight excluding hydrogens is 439 g/mol. The smallest absolute Gasteiger partial charge is 0.416 e. The second-order valence-electron chi connectivity index (χ2n) is 7.17. The minimum Gasteiger partial charge on any atom is -0.452 e. The van der Waals surface area contributed by atoms with Crippen molar-refractivity contribution in [3.63, 3.8) is 0 Å². The van der Waals surface area contributed by atoms with E-state index in [1.165, 1.54) is 24.3 Å². The molecular formula is C24H14F3NO5. The van der Waals surface area contributed by atoms with Gasteiger partial charge in [-0.05, 0) is 36.4 Å². The van der Waals surface area contributed by atoms with E-state index < -0.39 is 30.2 Å². The standard InChI is InChI=1S/C24H14F3NO5/c25-24(26,27)14-5-3-4-13(10-14)23(32)33-12-20(29)28-15-8-9-18-19(11-15)22(31)17-7-2-1-6-16(17)21(18)30/h1-11H,12H2,(H,28,29). The maximum atomic E-state index is 12.8. The average molecular weight is 453 g/mol. The van der Waals surface area contributed by atoms with Crippen LogP contribution in [-0.4, -0.2) is 30.0 Å². The molecule has 0 atom stereocenters. The van der Waals surface area contributed by atoms with Crippen molar-refractivity contribution in [1.29, 1.82) is 0 Å². The number of ketones is 2. The highest BCUT2D eigenvalue weighted by molar-refractivity contribution is 6.28. The summed E-state index contributed by atoms with van der Waals surface area (Å²) in [5, 5.41) is 2.43. The van der Waals surface area contributed by atoms with Gasteiger partial charge in [0.25, 0.3) is 5.91 Å². The van der Waals surface area contributed by atoms with Gasteiger partial charge in [-0.1, -0.05) is 30.3 Å². The van der Waals surface area contributed by atoms with Gasteiger partial charge in [0.1, 0.15) is 0 Å². The number of carbonyl (C=O) groups is 4. The predicted molar refractivity (Wildman–Crippen MR) is 110 cm³/mol. The fourth-order valence-electron chi connectivity index (χ4n) is 3.41. The van der Waals surface area contributed by atoms with Crippen LogP contribution in [0.3, 0.4) is 0 Å². The molecule has 0 bridgehead atoms. The Balaban J connectivity index is 1.43. The largest absolute Gasteiger partial charge is 0.452 e. The summed E-state index contributed by atoms with van der Waals surface area (Å²) in [5.41, 5.74) is -0.299. The molecule has 0 radical (unpaired) electrons. The minimum atomic E-state index is -4.63. The first-order chi connectivity index (χ1) is 15.6. The van der Waals surface area contributed by atoms with E-state index in [0.29, 0.717) is 11.6 Å². The first kappa shape index (κ1) is 21.9. The van der Waals surface area contributed by atoms with Crippen LogP contribution < -0.4 is 5.32 Å². The number of nitrogens with one attached hydrogen (secondary N) is 1. The zero-order valence-electron chi connectivity index (χ0n) is 16.7. The third kappa shape index (κ3) is 4.38. The number of hydrogen-bond donors (Lipinski definition) is 1. The Labute approximate surface area is 185 Å². The lowest BCUT2D eigenvalue weighted by molar-refractivity contribution is -0.137. The number of ether oxygens (including phenoxy) is 1. The maximum Gasteiger partial charge on any atom is 0.416 e. The SMILES string of the molecule is O=C(COC(=O)c1cccc(C(F)(F)F)c1)Nc1ccc2c(c1)C(=O)c1ccccc1C2=O. The number of benzene rings is 3. The third-order valence-electron chi connectivity index (χ3n) is 4.97. The van der Waals surface area contributed by atoms with Gasteiger partial charge in [-0.25, -0.2) is 4.79 Å². The number of esters is 1. The number of hydrogen-bond acceptors (Lipinski definition) is 5. The molecule has 6 nitrogen and oxygen atoms in total. The van der Waals surface area contributed by atoms with Crippen LogP contribution in [0.15, 0.2) is 66.7 Å². The topological polar surface area (TPSA) is 89.5 Å². The van der Waals surface area contributed by atoms with Gasteiger partial charge in [-0.15, -0.1) is 0 Å². The lowest BCUT2D eigenvalue weighted by Crippen LogP contribution is -2.23. The molecule has 0 fully saturated rings. The molecule has 0 saturated carbocycles.